The average Bonchev–Trinajstić information content (AvgIpc) is 2.33. The molecule has 0 radical (unpaired) electrons. The minimum Gasteiger partial charge on any atom is -0.310 e. The zero-order chi connectivity index (χ0) is 14.3. The van der Waals surface area contributed by atoms with Crippen LogP contribution in [0.3, 0.4) is 0 Å². The third-order valence-corrected chi connectivity index (χ3v) is 4.94. The summed E-state index contributed by atoms with van der Waals surface area (Å²) in [5.41, 5.74) is 1.27. The van der Waals surface area contributed by atoms with E-state index in [1.807, 2.05) is 12.1 Å². The van der Waals surface area contributed by atoms with E-state index in [2.05, 4.69) is 47.0 Å². The number of benzene rings is 1. The summed E-state index contributed by atoms with van der Waals surface area (Å²) in [4.78, 5) is 0. The van der Waals surface area contributed by atoms with Gasteiger partial charge in [0.25, 0.3) is 0 Å². The van der Waals surface area contributed by atoms with Crippen molar-refractivity contribution in [2.45, 2.75) is 32.2 Å². The molecule has 0 bridgehead atoms. The van der Waals surface area contributed by atoms with Crippen LogP contribution in [0.1, 0.15) is 37.8 Å². The van der Waals surface area contributed by atoms with E-state index in [1.54, 1.807) is 0 Å². The third kappa shape index (κ3) is 6.72. The number of hydrogen-bond acceptors (Lipinski definition) is 3. The fourth-order valence-corrected chi connectivity index (χ4v) is 3.45. The summed E-state index contributed by atoms with van der Waals surface area (Å²) in [5.74, 6) is 0.265. The lowest BCUT2D eigenvalue weighted by Gasteiger charge is -2.20. The molecule has 1 N–H and O–H groups in total. The molecule has 1 atom stereocenters. The maximum Gasteiger partial charge on any atom is 0.147 e. The Labute approximate surface area is 130 Å². The molecule has 3 nitrogen and oxygen atoms in total. The lowest BCUT2D eigenvalue weighted by Crippen LogP contribution is -2.23. The van der Waals surface area contributed by atoms with Crippen molar-refractivity contribution in [2.75, 3.05) is 18.6 Å². The van der Waals surface area contributed by atoms with Crippen LogP contribution in [0.25, 0.3) is 0 Å². The second-order valence-corrected chi connectivity index (χ2v) is 8.22. The first kappa shape index (κ1) is 16.9. The molecule has 1 rings (SSSR count). The highest BCUT2D eigenvalue weighted by Crippen LogP contribution is 2.24. The molecule has 0 aliphatic carbocycles. The summed E-state index contributed by atoms with van der Waals surface area (Å²) in [5, 5.41) is 3.51. The van der Waals surface area contributed by atoms with Crippen LogP contribution in [0.4, 0.5) is 0 Å². The fourth-order valence-electron chi connectivity index (χ4n) is 1.99. The van der Waals surface area contributed by atoms with Gasteiger partial charge < -0.3 is 5.32 Å². The van der Waals surface area contributed by atoms with E-state index in [0.717, 1.165) is 19.4 Å². The highest BCUT2D eigenvalue weighted by Gasteiger charge is 2.14. The zero-order valence-electron chi connectivity index (χ0n) is 11.5. The first-order valence-corrected chi connectivity index (χ1v) is 9.73. The first-order chi connectivity index (χ1) is 8.94. The van der Waals surface area contributed by atoms with Gasteiger partial charge in [0.2, 0.25) is 0 Å². The summed E-state index contributed by atoms with van der Waals surface area (Å²) in [6.07, 6.45) is 3.93. The predicted octanol–water partition coefficient (Wildman–Crippen LogP) is 3.16. The molecule has 0 aliphatic heterocycles. The number of halogens is 1. The van der Waals surface area contributed by atoms with E-state index >= 15 is 0 Å². The van der Waals surface area contributed by atoms with Crippen molar-refractivity contribution in [1.29, 1.82) is 0 Å². The molecule has 0 saturated heterocycles. The van der Waals surface area contributed by atoms with Gasteiger partial charge in [0, 0.05) is 21.6 Å². The van der Waals surface area contributed by atoms with E-state index in [9.17, 15) is 8.42 Å². The van der Waals surface area contributed by atoms with Crippen molar-refractivity contribution in [1.82, 2.24) is 5.32 Å². The van der Waals surface area contributed by atoms with Crippen molar-refractivity contribution >= 4 is 32.4 Å². The fraction of sp³-hybridized carbons (Fsp3) is 0.571. The number of hydrogen-bond donors (Lipinski definition) is 1. The molecule has 0 spiro atoms. The Balaban J connectivity index is 2.69. The maximum absolute atomic E-state index is 11.2. The Morgan fingerprint density at radius 1 is 1.32 bits per heavy atom. The molecule has 1 unspecified atom stereocenters. The molecule has 0 fully saturated rings. The Hall–Kier alpha value is -0.140. The Kier molecular flexibility index (Phi) is 7.31. The molecule has 0 saturated carbocycles. The van der Waals surface area contributed by atoms with Gasteiger partial charge in [0.15, 0.2) is 0 Å². The monoisotopic (exact) mass is 395 g/mol. The Morgan fingerprint density at radius 2 is 2.00 bits per heavy atom. The number of sulfone groups is 1. The molecule has 5 heteroatoms. The second kappa shape index (κ2) is 8.21. The summed E-state index contributed by atoms with van der Waals surface area (Å²) >= 11 is 2.34. The number of nitrogens with one attached hydrogen (secondary N) is 1. The SMILES string of the molecule is CCCNC(CCCS(C)(=O)=O)c1ccccc1I. The molecular formula is C14H22INO2S. The lowest BCUT2D eigenvalue weighted by molar-refractivity contribution is 0.491. The van der Waals surface area contributed by atoms with Crippen LogP contribution >= 0.6 is 22.6 Å². The van der Waals surface area contributed by atoms with Gasteiger partial charge in [-0.1, -0.05) is 25.1 Å². The van der Waals surface area contributed by atoms with Crippen molar-refractivity contribution in [2.24, 2.45) is 0 Å². The summed E-state index contributed by atoms with van der Waals surface area (Å²) in [6.45, 7) is 3.09. The van der Waals surface area contributed by atoms with Crippen molar-refractivity contribution < 1.29 is 8.42 Å². The quantitative estimate of drug-likeness (QED) is 0.688. The molecular weight excluding hydrogens is 373 g/mol. The van der Waals surface area contributed by atoms with Crippen LogP contribution in [-0.4, -0.2) is 27.0 Å². The highest BCUT2D eigenvalue weighted by atomic mass is 127. The first-order valence-electron chi connectivity index (χ1n) is 6.59. The second-order valence-electron chi connectivity index (χ2n) is 4.80. The third-order valence-electron chi connectivity index (χ3n) is 2.93. The molecule has 1 aromatic carbocycles. The normalized spacial score (nSPS) is 13.4. The Morgan fingerprint density at radius 3 is 2.58 bits per heavy atom. The van der Waals surface area contributed by atoms with Gasteiger partial charge >= 0.3 is 0 Å². The minimum absolute atomic E-state index is 0.245. The predicted molar refractivity (Wildman–Crippen MR) is 89.1 cm³/mol. The van der Waals surface area contributed by atoms with Crippen LogP contribution < -0.4 is 5.32 Å². The van der Waals surface area contributed by atoms with E-state index in [0.29, 0.717) is 6.42 Å². The average molecular weight is 395 g/mol. The summed E-state index contributed by atoms with van der Waals surface area (Å²) < 4.78 is 23.6. The molecule has 0 heterocycles. The number of rotatable bonds is 8. The van der Waals surface area contributed by atoms with Crippen LogP contribution in [0, 0.1) is 3.57 Å². The molecule has 0 aromatic heterocycles. The standard InChI is InChI=1S/C14H22INO2S/c1-3-10-16-14(9-6-11-19(2,17)18)12-7-4-5-8-13(12)15/h4-5,7-8,14,16H,3,6,9-11H2,1-2H3. The van der Waals surface area contributed by atoms with Gasteiger partial charge in [-0.3, -0.25) is 0 Å². The van der Waals surface area contributed by atoms with Crippen molar-refractivity contribution in [3.05, 3.63) is 33.4 Å². The smallest absolute Gasteiger partial charge is 0.147 e. The van der Waals surface area contributed by atoms with Crippen molar-refractivity contribution in [3.63, 3.8) is 0 Å². The van der Waals surface area contributed by atoms with Crippen LogP contribution in [0.15, 0.2) is 24.3 Å². The molecule has 108 valence electrons. The van der Waals surface area contributed by atoms with Gasteiger partial charge in [-0.2, -0.15) is 0 Å². The van der Waals surface area contributed by atoms with Gasteiger partial charge in [-0.25, -0.2) is 8.42 Å². The van der Waals surface area contributed by atoms with Crippen LogP contribution in [0.2, 0.25) is 0 Å². The molecule has 0 amide bonds. The van der Waals surface area contributed by atoms with Gasteiger partial charge in [-0.15, -0.1) is 0 Å². The molecule has 19 heavy (non-hydrogen) atoms. The minimum atomic E-state index is -2.86. The lowest BCUT2D eigenvalue weighted by atomic mass is 10.0. The van der Waals surface area contributed by atoms with E-state index in [-0.39, 0.29) is 11.8 Å². The van der Waals surface area contributed by atoms with Gasteiger partial charge in [-0.05, 0) is 60.0 Å². The molecule has 1 aromatic rings. The molecule has 0 aliphatic rings. The van der Waals surface area contributed by atoms with E-state index in [4.69, 9.17) is 0 Å². The van der Waals surface area contributed by atoms with E-state index < -0.39 is 9.84 Å². The topological polar surface area (TPSA) is 46.2 Å². The highest BCUT2D eigenvalue weighted by molar-refractivity contribution is 14.1. The van der Waals surface area contributed by atoms with Crippen molar-refractivity contribution in [3.8, 4) is 0 Å². The summed E-state index contributed by atoms with van der Waals surface area (Å²) in [7, 11) is -2.86. The Bertz CT molecular complexity index is 488. The maximum atomic E-state index is 11.2. The summed E-state index contributed by atoms with van der Waals surface area (Å²) in [6, 6.07) is 8.52. The zero-order valence-corrected chi connectivity index (χ0v) is 14.5. The van der Waals surface area contributed by atoms with Crippen LogP contribution in [0.5, 0.6) is 0 Å². The van der Waals surface area contributed by atoms with E-state index in [1.165, 1.54) is 15.4 Å². The van der Waals surface area contributed by atoms with Gasteiger partial charge in [0.1, 0.15) is 9.84 Å². The largest absolute Gasteiger partial charge is 0.310 e. The van der Waals surface area contributed by atoms with Gasteiger partial charge in [0.05, 0.1) is 0 Å². The van der Waals surface area contributed by atoms with Crippen LogP contribution in [-0.2, 0) is 9.84 Å².